The number of thioether (sulfide) groups is 1. The number of carbonyl (C=O) groups is 2. The molecule has 3 heterocycles. The maximum Gasteiger partial charge on any atom is 0.251 e. The highest BCUT2D eigenvalue weighted by Crippen LogP contribution is 2.40. The Bertz CT molecular complexity index is 1350. The number of thiophene rings is 2. The van der Waals surface area contributed by atoms with Gasteiger partial charge in [0, 0.05) is 15.8 Å². The van der Waals surface area contributed by atoms with Crippen LogP contribution < -0.4 is 11.1 Å². The standard InChI is InChI=1S/C24H22N4O2S3/c1-13(21(30)28-24-18(20(25)29)15-9-5-6-10-17(15)33-24)32-23-19-16(14-7-3-2-4-8-14)11-31-22(19)26-12-27-23/h2-4,7-8,11-13H,5-6,9-10H2,1H3,(H2,25,29)(H,28,30). The molecular weight excluding hydrogens is 472 g/mol. The highest BCUT2D eigenvalue weighted by molar-refractivity contribution is 8.00. The molecule has 0 radical (unpaired) electrons. The van der Waals surface area contributed by atoms with Crippen molar-refractivity contribution in [3.05, 3.63) is 58.0 Å². The van der Waals surface area contributed by atoms with E-state index in [2.05, 4.69) is 32.8 Å². The molecule has 33 heavy (non-hydrogen) atoms. The normalized spacial score (nSPS) is 14.1. The van der Waals surface area contributed by atoms with Gasteiger partial charge in [0.25, 0.3) is 5.91 Å². The fraction of sp³-hybridized carbons (Fsp3) is 0.250. The number of primary amides is 1. The molecule has 1 atom stereocenters. The molecule has 0 aliphatic heterocycles. The monoisotopic (exact) mass is 494 g/mol. The van der Waals surface area contributed by atoms with E-state index in [1.807, 2.05) is 25.1 Å². The van der Waals surface area contributed by atoms with Crippen molar-refractivity contribution in [1.29, 1.82) is 0 Å². The third-order valence-electron chi connectivity index (χ3n) is 5.73. The fourth-order valence-corrected chi connectivity index (χ4v) is 7.33. The van der Waals surface area contributed by atoms with Crippen LogP contribution in [-0.2, 0) is 17.6 Å². The minimum absolute atomic E-state index is 0.177. The van der Waals surface area contributed by atoms with E-state index < -0.39 is 11.2 Å². The molecule has 9 heteroatoms. The number of amides is 2. The Labute approximate surface area is 203 Å². The van der Waals surface area contributed by atoms with Crippen molar-refractivity contribution < 1.29 is 9.59 Å². The Morgan fingerprint density at radius 2 is 1.94 bits per heavy atom. The van der Waals surface area contributed by atoms with Crippen LogP contribution in [0.15, 0.2) is 47.1 Å². The van der Waals surface area contributed by atoms with Crippen LogP contribution in [0.1, 0.15) is 40.6 Å². The molecule has 1 aliphatic rings. The van der Waals surface area contributed by atoms with E-state index in [9.17, 15) is 9.59 Å². The smallest absolute Gasteiger partial charge is 0.251 e. The first-order valence-electron chi connectivity index (χ1n) is 10.7. The zero-order valence-electron chi connectivity index (χ0n) is 18.0. The third-order valence-corrected chi connectivity index (χ3v) is 8.93. The molecule has 0 fully saturated rings. The van der Waals surface area contributed by atoms with Crippen LogP contribution in [0.5, 0.6) is 0 Å². The number of hydrogen-bond donors (Lipinski definition) is 2. The molecule has 0 saturated carbocycles. The Hall–Kier alpha value is -2.75. The van der Waals surface area contributed by atoms with Crippen LogP contribution in [0.3, 0.4) is 0 Å². The lowest BCUT2D eigenvalue weighted by Crippen LogP contribution is -2.24. The third kappa shape index (κ3) is 4.28. The highest BCUT2D eigenvalue weighted by atomic mass is 32.2. The second kappa shape index (κ2) is 9.24. The van der Waals surface area contributed by atoms with Crippen LogP contribution in [0, 0.1) is 0 Å². The summed E-state index contributed by atoms with van der Waals surface area (Å²) in [4.78, 5) is 36.2. The number of aromatic nitrogens is 2. The summed E-state index contributed by atoms with van der Waals surface area (Å²) in [5, 5.41) is 6.93. The van der Waals surface area contributed by atoms with E-state index in [1.165, 1.54) is 23.1 Å². The molecule has 6 nitrogen and oxygen atoms in total. The summed E-state index contributed by atoms with van der Waals surface area (Å²) < 4.78 is 0. The zero-order valence-corrected chi connectivity index (χ0v) is 20.4. The minimum Gasteiger partial charge on any atom is -0.365 e. The van der Waals surface area contributed by atoms with Crippen molar-refractivity contribution in [2.45, 2.75) is 42.9 Å². The van der Waals surface area contributed by atoms with Gasteiger partial charge in [-0.2, -0.15) is 0 Å². The SMILES string of the molecule is CC(Sc1ncnc2scc(-c3ccccc3)c12)C(=O)Nc1sc2c(c1C(N)=O)CCCC2. The first kappa shape index (κ1) is 22.1. The van der Waals surface area contributed by atoms with Crippen molar-refractivity contribution in [2.75, 3.05) is 5.32 Å². The zero-order chi connectivity index (χ0) is 22.9. The van der Waals surface area contributed by atoms with Crippen molar-refractivity contribution >= 4 is 61.5 Å². The molecule has 3 aromatic heterocycles. The predicted octanol–water partition coefficient (Wildman–Crippen LogP) is 5.52. The topological polar surface area (TPSA) is 98.0 Å². The number of fused-ring (bicyclic) bond motifs is 2. The first-order chi connectivity index (χ1) is 16.0. The largest absolute Gasteiger partial charge is 0.365 e. The number of carbonyl (C=O) groups excluding carboxylic acids is 2. The van der Waals surface area contributed by atoms with E-state index in [0.29, 0.717) is 10.6 Å². The Kier molecular flexibility index (Phi) is 6.18. The second-order valence-electron chi connectivity index (χ2n) is 7.90. The lowest BCUT2D eigenvalue weighted by molar-refractivity contribution is -0.115. The summed E-state index contributed by atoms with van der Waals surface area (Å²) in [5.41, 5.74) is 9.32. The van der Waals surface area contributed by atoms with Crippen LogP contribution in [0.2, 0.25) is 0 Å². The number of anilines is 1. The number of rotatable bonds is 6. The van der Waals surface area contributed by atoms with Gasteiger partial charge < -0.3 is 11.1 Å². The molecule has 0 bridgehead atoms. The number of aryl methyl sites for hydroxylation is 1. The number of hydrogen-bond acceptors (Lipinski definition) is 7. The van der Waals surface area contributed by atoms with Gasteiger partial charge in [-0.05, 0) is 43.7 Å². The summed E-state index contributed by atoms with van der Waals surface area (Å²) in [6.45, 7) is 1.85. The average Bonchev–Trinajstić information content (AvgIpc) is 3.41. The molecule has 0 saturated heterocycles. The van der Waals surface area contributed by atoms with E-state index in [4.69, 9.17) is 5.73 Å². The molecule has 3 N–H and O–H groups in total. The summed E-state index contributed by atoms with van der Waals surface area (Å²) in [6.07, 6.45) is 5.44. The van der Waals surface area contributed by atoms with E-state index in [0.717, 1.165) is 62.5 Å². The first-order valence-corrected chi connectivity index (χ1v) is 13.3. The molecule has 0 spiro atoms. The minimum atomic E-state index is -0.478. The van der Waals surface area contributed by atoms with E-state index >= 15 is 0 Å². The molecule has 5 rings (SSSR count). The average molecular weight is 495 g/mol. The van der Waals surface area contributed by atoms with Gasteiger partial charge in [0.1, 0.15) is 21.2 Å². The predicted molar refractivity (Wildman–Crippen MR) is 136 cm³/mol. The van der Waals surface area contributed by atoms with Crippen molar-refractivity contribution in [3.8, 4) is 11.1 Å². The van der Waals surface area contributed by atoms with Gasteiger partial charge in [-0.15, -0.1) is 22.7 Å². The summed E-state index contributed by atoms with van der Waals surface area (Å²) in [7, 11) is 0. The van der Waals surface area contributed by atoms with Crippen molar-refractivity contribution in [3.63, 3.8) is 0 Å². The lowest BCUT2D eigenvalue weighted by Gasteiger charge is -2.13. The number of nitrogens with zero attached hydrogens (tertiary/aromatic N) is 2. The van der Waals surface area contributed by atoms with Gasteiger partial charge in [0.05, 0.1) is 16.2 Å². The molecular formula is C24H22N4O2S3. The lowest BCUT2D eigenvalue weighted by atomic mass is 9.95. The molecule has 4 aromatic rings. The van der Waals surface area contributed by atoms with Crippen LogP contribution in [0.25, 0.3) is 21.3 Å². The Morgan fingerprint density at radius 1 is 1.15 bits per heavy atom. The van der Waals surface area contributed by atoms with E-state index in [-0.39, 0.29) is 5.91 Å². The number of nitrogens with two attached hydrogens (primary N) is 1. The van der Waals surface area contributed by atoms with Gasteiger partial charge in [-0.25, -0.2) is 9.97 Å². The highest BCUT2D eigenvalue weighted by Gasteiger charge is 2.27. The molecule has 1 unspecified atom stereocenters. The summed E-state index contributed by atoms with van der Waals surface area (Å²) in [5.74, 6) is -0.655. The van der Waals surface area contributed by atoms with Crippen molar-refractivity contribution in [1.82, 2.24) is 9.97 Å². The van der Waals surface area contributed by atoms with E-state index in [1.54, 1.807) is 17.7 Å². The van der Waals surface area contributed by atoms with Gasteiger partial charge >= 0.3 is 0 Å². The Morgan fingerprint density at radius 3 is 2.73 bits per heavy atom. The molecule has 2 amide bonds. The van der Waals surface area contributed by atoms with Gasteiger partial charge in [0.2, 0.25) is 5.91 Å². The van der Waals surface area contributed by atoms with Crippen molar-refractivity contribution in [2.24, 2.45) is 5.73 Å². The molecule has 1 aromatic carbocycles. The van der Waals surface area contributed by atoms with Gasteiger partial charge in [-0.3, -0.25) is 9.59 Å². The van der Waals surface area contributed by atoms with Gasteiger partial charge in [-0.1, -0.05) is 42.1 Å². The fourth-order valence-electron chi connectivity index (χ4n) is 4.12. The quantitative estimate of drug-likeness (QED) is 0.272. The maximum absolute atomic E-state index is 13.1. The molecule has 168 valence electrons. The van der Waals surface area contributed by atoms with Crippen LogP contribution >= 0.6 is 34.4 Å². The molecule has 1 aliphatic carbocycles. The summed E-state index contributed by atoms with van der Waals surface area (Å²) >= 11 is 4.44. The van der Waals surface area contributed by atoms with Gasteiger partial charge in [0.15, 0.2) is 0 Å². The summed E-state index contributed by atoms with van der Waals surface area (Å²) in [6, 6.07) is 10.1. The van der Waals surface area contributed by atoms with Crippen LogP contribution in [0.4, 0.5) is 5.00 Å². The second-order valence-corrected chi connectivity index (χ2v) is 11.2. The number of nitrogens with one attached hydrogen (secondary N) is 1. The van der Waals surface area contributed by atoms with Crippen LogP contribution in [-0.4, -0.2) is 27.0 Å². The Balaban J connectivity index is 1.41. The maximum atomic E-state index is 13.1. The number of benzene rings is 1.